The Kier molecular flexibility index (Phi) is 7.03. The smallest absolute Gasteiger partial charge is 0.387 e. The zero-order valence-corrected chi connectivity index (χ0v) is 16.0. The van der Waals surface area contributed by atoms with Crippen molar-refractivity contribution in [2.45, 2.75) is 62.0 Å². The number of aliphatic hydroxyl groups excluding tert-OH is 1. The molecule has 1 aliphatic heterocycles. The van der Waals surface area contributed by atoms with E-state index in [0.717, 1.165) is 12.8 Å². The highest BCUT2D eigenvalue weighted by Gasteiger charge is 2.36. The fraction of sp³-hybridized carbons (Fsp3) is 0.833. The Morgan fingerprint density at radius 1 is 1.23 bits per heavy atom. The summed E-state index contributed by atoms with van der Waals surface area (Å²) in [7, 11) is 0. The van der Waals surface area contributed by atoms with E-state index in [1.807, 2.05) is 0 Å². The summed E-state index contributed by atoms with van der Waals surface area (Å²) >= 11 is 12.6. The Morgan fingerprint density at radius 3 is 2.65 bits per heavy atom. The molecule has 0 aromatic rings. The lowest BCUT2D eigenvalue weighted by Crippen LogP contribution is -2.37. The van der Waals surface area contributed by atoms with Crippen LogP contribution in [-0.2, 0) is 9.47 Å². The Balaban J connectivity index is 1.61. The lowest BCUT2D eigenvalue weighted by Gasteiger charge is -2.34. The van der Waals surface area contributed by atoms with Gasteiger partial charge < -0.3 is 14.6 Å². The molecule has 1 saturated carbocycles. The second kappa shape index (κ2) is 9.07. The molecule has 1 unspecified atom stereocenters. The second-order valence-electron chi connectivity index (χ2n) is 7.42. The van der Waals surface area contributed by atoms with Crippen molar-refractivity contribution in [3.8, 4) is 0 Å². The van der Waals surface area contributed by atoms with Crippen molar-refractivity contribution in [1.29, 1.82) is 0 Å². The van der Waals surface area contributed by atoms with Crippen molar-refractivity contribution in [2.75, 3.05) is 13.2 Å². The van der Waals surface area contributed by atoms with E-state index in [4.69, 9.17) is 27.9 Å². The molecule has 5 atom stereocenters. The van der Waals surface area contributed by atoms with Gasteiger partial charge in [-0.3, -0.25) is 4.99 Å². The van der Waals surface area contributed by atoms with Crippen molar-refractivity contribution in [3.63, 3.8) is 0 Å². The topological polar surface area (TPSA) is 51.1 Å². The summed E-state index contributed by atoms with van der Waals surface area (Å²) in [5.74, 6) is 1.04. The summed E-state index contributed by atoms with van der Waals surface area (Å²) in [5, 5.41) is 10.2. The van der Waals surface area contributed by atoms with Crippen LogP contribution in [-0.4, -0.2) is 47.9 Å². The van der Waals surface area contributed by atoms with Crippen LogP contribution in [0.1, 0.15) is 38.5 Å². The molecule has 0 aromatic carbocycles. The Labute approximate surface area is 162 Å². The van der Waals surface area contributed by atoms with Crippen LogP contribution in [0.2, 0.25) is 0 Å². The van der Waals surface area contributed by atoms with Gasteiger partial charge >= 0.3 is 6.61 Å². The summed E-state index contributed by atoms with van der Waals surface area (Å²) in [4.78, 5) is 4.12. The fourth-order valence-electron chi connectivity index (χ4n) is 3.57. The highest BCUT2D eigenvalue weighted by molar-refractivity contribution is 6.30. The molecule has 0 aromatic heterocycles. The van der Waals surface area contributed by atoms with Crippen molar-refractivity contribution < 1.29 is 23.4 Å². The number of ether oxygens (including phenoxy) is 2. The molecule has 8 heteroatoms. The molecule has 148 valence electrons. The molecule has 3 aliphatic rings. The Bertz CT molecular complexity index is 543. The van der Waals surface area contributed by atoms with Gasteiger partial charge in [0.2, 0.25) is 0 Å². The third-order valence-corrected chi connectivity index (χ3v) is 6.28. The number of aliphatic imine (C=N–C) groups is 1. The van der Waals surface area contributed by atoms with E-state index >= 15 is 0 Å². The third kappa shape index (κ3) is 5.46. The Hall–Kier alpha value is -0.590. The largest absolute Gasteiger partial charge is 0.494 e. The molecule has 2 aliphatic carbocycles. The molecule has 0 spiro atoms. The van der Waals surface area contributed by atoms with Crippen LogP contribution in [0.4, 0.5) is 8.78 Å². The van der Waals surface area contributed by atoms with Crippen LogP contribution >= 0.6 is 23.2 Å². The molecule has 4 nitrogen and oxygen atoms in total. The van der Waals surface area contributed by atoms with E-state index in [9.17, 15) is 13.9 Å². The van der Waals surface area contributed by atoms with Gasteiger partial charge in [0.05, 0.1) is 30.0 Å². The lowest BCUT2D eigenvalue weighted by atomic mass is 9.81. The predicted molar refractivity (Wildman–Crippen MR) is 96.9 cm³/mol. The predicted octanol–water partition coefficient (Wildman–Crippen LogP) is 4.33. The van der Waals surface area contributed by atoms with E-state index in [2.05, 4.69) is 9.73 Å². The first kappa shape index (κ1) is 20.2. The molecule has 1 fully saturated rings. The van der Waals surface area contributed by atoms with Gasteiger partial charge in [0, 0.05) is 25.0 Å². The fourth-order valence-corrected chi connectivity index (χ4v) is 4.34. The summed E-state index contributed by atoms with van der Waals surface area (Å²) in [6, 6.07) is 0. The van der Waals surface area contributed by atoms with Crippen LogP contribution in [0, 0.1) is 17.8 Å². The molecule has 1 heterocycles. The minimum absolute atomic E-state index is 0.0654. The highest BCUT2D eigenvalue weighted by atomic mass is 35.5. The molecular weight excluding hydrogens is 387 g/mol. The number of alkyl halides is 4. The maximum Gasteiger partial charge on any atom is 0.387 e. The first-order chi connectivity index (χ1) is 12.4. The number of hydrogen-bond donors (Lipinski definition) is 1. The lowest BCUT2D eigenvalue weighted by molar-refractivity contribution is -0.107. The van der Waals surface area contributed by atoms with Crippen LogP contribution in [0.15, 0.2) is 16.5 Å². The molecule has 0 radical (unpaired) electrons. The highest BCUT2D eigenvalue weighted by Crippen LogP contribution is 2.38. The molecule has 0 bridgehead atoms. The number of halogens is 4. The SMILES string of the molecule is O[C@@H](C[C@@H]1C(Cl)C=NC[C@@H]1Cl)[C@H]1CCC(OC(F)F)=C(OCC2CC2)C1. The van der Waals surface area contributed by atoms with Crippen molar-refractivity contribution in [3.05, 3.63) is 11.5 Å². The van der Waals surface area contributed by atoms with Crippen molar-refractivity contribution in [2.24, 2.45) is 22.7 Å². The van der Waals surface area contributed by atoms with Gasteiger partial charge in [0.25, 0.3) is 0 Å². The maximum atomic E-state index is 12.7. The minimum atomic E-state index is -2.86. The van der Waals surface area contributed by atoms with E-state index in [1.54, 1.807) is 6.21 Å². The number of allylic oxidation sites excluding steroid dienone is 2. The first-order valence-electron chi connectivity index (χ1n) is 9.19. The van der Waals surface area contributed by atoms with Gasteiger partial charge in [-0.2, -0.15) is 8.78 Å². The molecule has 0 amide bonds. The molecule has 26 heavy (non-hydrogen) atoms. The van der Waals surface area contributed by atoms with E-state index in [-0.39, 0.29) is 28.3 Å². The van der Waals surface area contributed by atoms with Gasteiger partial charge in [0.15, 0.2) is 0 Å². The van der Waals surface area contributed by atoms with Gasteiger partial charge in [0.1, 0.15) is 11.5 Å². The molecular formula is C18H25Cl2F2NO3. The zero-order valence-electron chi connectivity index (χ0n) is 14.5. The van der Waals surface area contributed by atoms with E-state index < -0.39 is 12.7 Å². The van der Waals surface area contributed by atoms with Gasteiger partial charge in [-0.15, -0.1) is 23.2 Å². The van der Waals surface area contributed by atoms with Crippen molar-refractivity contribution in [1.82, 2.24) is 0 Å². The third-order valence-electron chi connectivity index (χ3n) is 5.38. The van der Waals surface area contributed by atoms with Crippen LogP contribution in [0.5, 0.6) is 0 Å². The van der Waals surface area contributed by atoms with E-state index in [0.29, 0.717) is 50.5 Å². The summed E-state index contributed by atoms with van der Waals surface area (Å²) in [6.07, 6.45) is 5.05. The average Bonchev–Trinajstić information content (AvgIpc) is 3.41. The second-order valence-corrected chi connectivity index (χ2v) is 8.49. The molecule has 0 saturated heterocycles. The standard InChI is InChI=1S/C18H25Cl2F2NO3/c19-13-7-23-8-14(20)12(13)6-15(24)11-3-4-16(26-18(21)22)17(5-11)25-9-10-1-2-10/h7,10-15,18,24H,1-6,8-9H2/t11-,12+,13?,14-,15-/m0/s1. The average molecular weight is 412 g/mol. The first-order valence-corrected chi connectivity index (χ1v) is 10.1. The maximum absolute atomic E-state index is 12.7. The van der Waals surface area contributed by atoms with Crippen LogP contribution < -0.4 is 0 Å². The summed E-state index contributed by atoms with van der Waals surface area (Å²) in [6.45, 7) is -1.84. The summed E-state index contributed by atoms with van der Waals surface area (Å²) < 4.78 is 35.7. The number of aliphatic hydroxyl groups is 1. The minimum Gasteiger partial charge on any atom is -0.494 e. The summed E-state index contributed by atoms with van der Waals surface area (Å²) in [5.41, 5.74) is 0. The number of hydrogen-bond acceptors (Lipinski definition) is 4. The van der Waals surface area contributed by atoms with Crippen molar-refractivity contribution >= 4 is 29.4 Å². The number of rotatable bonds is 8. The van der Waals surface area contributed by atoms with Gasteiger partial charge in [-0.05, 0) is 37.5 Å². The molecule has 1 N–H and O–H groups in total. The van der Waals surface area contributed by atoms with E-state index in [1.165, 1.54) is 0 Å². The quantitative estimate of drug-likeness (QED) is 0.604. The Morgan fingerprint density at radius 2 is 2.00 bits per heavy atom. The number of nitrogens with zero attached hydrogens (tertiary/aromatic N) is 1. The zero-order chi connectivity index (χ0) is 18.7. The van der Waals surface area contributed by atoms with Gasteiger partial charge in [-0.1, -0.05) is 0 Å². The normalized spacial score (nSPS) is 33.5. The molecule has 3 rings (SSSR count). The van der Waals surface area contributed by atoms with Gasteiger partial charge in [-0.25, -0.2) is 0 Å². The van der Waals surface area contributed by atoms with Crippen LogP contribution in [0.25, 0.3) is 0 Å². The van der Waals surface area contributed by atoms with Crippen LogP contribution in [0.3, 0.4) is 0 Å². The monoisotopic (exact) mass is 411 g/mol.